The molecule has 0 aliphatic carbocycles. The summed E-state index contributed by atoms with van der Waals surface area (Å²) in [5.74, 6) is 0.104. The van der Waals surface area contributed by atoms with E-state index in [1.54, 1.807) is 30.3 Å². The van der Waals surface area contributed by atoms with Gasteiger partial charge in [0.1, 0.15) is 0 Å². The van der Waals surface area contributed by atoms with Crippen molar-refractivity contribution >= 4 is 17.8 Å². The van der Waals surface area contributed by atoms with Crippen molar-refractivity contribution in [3.05, 3.63) is 57.0 Å². The maximum atomic E-state index is 10.8. The van der Waals surface area contributed by atoms with Gasteiger partial charge in [0, 0.05) is 0 Å². The summed E-state index contributed by atoms with van der Waals surface area (Å²) in [6, 6.07) is 8.83. The van der Waals surface area contributed by atoms with Crippen LogP contribution in [0.1, 0.15) is 22.6 Å². The van der Waals surface area contributed by atoms with E-state index >= 15 is 0 Å². The van der Waals surface area contributed by atoms with Crippen molar-refractivity contribution in [2.45, 2.75) is 6.92 Å². The summed E-state index contributed by atoms with van der Waals surface area (Å²) >= 11 is 0. The summed E-state index contributed by atoms with van der Waals surface area (Å²) in [7, 11) is 0. The lowest BCUT2D eigenvalue weighted by Crippen LogP contribution is -1.90. The standard InChI is InChI=1S/C13H9N3O3/c1-9-13(16(17)18)12(19-15-9)7-6-10-2-4-11(8-14)5-3-10/h2-7H,1H3/b7-6+. The summed E-state index contributed by atoms with van der Waals surface area (Å²) < 4.78 is 4.89. The first-order valence-electron chi connectivity index (χ1n) is 5.40. The number of benzene rings is 1. The number of aromatic nitrogens is 1. The molecular weight excluding hydrogens is 246 g/mol. The van der Waals surface area contributed by atoms with Gasteiger partial charge in [0.15, 0.2) is 5.69 Å². The van der Waals surface area contributed by atoms with E-state index in [0.717, 1.165) is 5.56 Å². The van der Waals surface area contributed by atoms with E-state index in [4.69, 9.17) is 9.78 Å². The fourth-order valence-corrected chi connectivity index (χ4v) is 1.55. The molecule has 2 aromatic rings. The number of nitrogens with zero attached hydrogens (tertiary/aromatic N) is 3. The first-order chi connectivity index (χ1) is 9.11. The van der Waals surface area contributed by atoms with Gasteiger partial charge in [-0.1, -0.05) is 23.4 Å². The highest BCUT2D eigenvalue weighted by Crippen LogP contribution is 2.24. The van der Waals surface area contributed by atoms with Gasteiger partial charge in [0.05, 0.1) is 16.6 Å². The molecule has 94 valence electrons. The van der Waals surface area contributed by atoms with Gasteiger partial charge >= 0.3 is 5.69 Å². The first kappa shape index (κ1) is 12.5. The third-order valence-corrected chi connectivity index (χ3v) is 2.51. The fourth-order valence-electron chi connectivity index (χ4n) is 1.55. The van der Waals surface area contributed by atoms with Crippen molar-refractivity contribution in [1.82, 2.24) is 5.16 Å². The van der Waals surface area contributed by atoms with Crippen molar-refractivity contribution < 1.29 is 9.45 Å². The third-order valence-electron chi connectivity index (χ3n) is 2.51. The second-order valence-electron chi connectivity index (χ2n) is 3.81. The second kappa shape index (κ2) is 5.14. The van der Waals surface area contributed by atoms with Crippen LogP contribution in [0, 0.1) is 28.4 Å². The van der Waals surface area contributed by atoms with E-state index in [-0.39, 0.29) is 17.1 Å². The van der Waals surface area contributed by atoms with Gasteiger partial charge in [-0.05, 0) is 30.7 Å². The Morgan fingerprint density at radius 3 is 2.63 bits per heavy atom. The van der Waals surface area contributed by atoms with E-state index in [1.807, 2.05) is 6.07 Å². The van der Waals surface area contributed by atoms with Gasteiger partial charge in [-0.25, -0.2) is 0 Å². The summed E-state index contributed by atoms with van der Waals surface area (Å²) in [6.45, 7) is 1.51. The van der Waals surface area contributed by atoms with Crippen molar-refractivity contribution in [2.24, 2.45) is 0 Å². The second-order valence-corrected chi connectivity index (χ2v) is 3.81. The number of hydrogen-bond donors (Lipinski definition) is 0. The third kappa shape index (κ3) is 2.66. The van der Waals surface area contributed by atoms with Crippen molar-refractivity contribution in [2.75, 3.05) is 0 Å². The van der Waals surface area contributed by atoms with Crippen LogP contribution in [-0.2, 0) is 0 Å². The Labute approximate surface area is 108 Å². The molecule has 0 unspecified atom stereocenters. The van der Waals surface area contributed by atoms with Crippen molar-refractivity contribution in [3.63, 3.8) is 0 Å². The number of rotatable bonds is 3. The molecule has 1 aromatic carbocycles. The summed E-state index contributed by atoms with van der Waals surface area (Å²) in [5.41, 5.74) is 1.47. The Hall–Kier alpha value is -2.94. The van der Waals surface area contributed by atoms with Gasteiger partial charge in [0.25, 0.3) is 0 Å². The maximum Gasteiger partial charge on any atom is 0.338 e. The minimum atomic E-state index is -0.524. The van der Waals surface area contributed by atoms with Gasteiger partial charge in [-0.15, -0.1) is 0 Å². The van der Waals surface area contributed by atoms with Gasteiger partial charge in [-0.2, -0.15) is 5.26 Å². The van der Waals surface area contributed by atoms with Crippen LogP contribution < -0.4 is 0 Å². The van der Waals surface area contributed by atoms with E-state index in [2.05, 4.69) is 5.16 Å². The zero-order chi connectivity index (χ0) is 13.8. The first-order valence-corrected chi connectivity index (χ1v) is 5.40. The molecule has 0 aliphatic heterocycles. The number of aryl methyl sites for hydroxylation is 1. The average Bonchev–Trinajstić information content (AvgIpc) is 2.78. The Kier molecular flexibility index (Phi) is 3.39. The lowest BCUT2D eigenvalue weighted by Gasteiger charge is -1.92. The molecular formula is C13H9N3O3. The quantitative estimate of drug-likeness (QED) is 0.620. The van der Waals surface area contributed by atoms with Crippen LogP contribution in [0.4, 0.5) is 5.69 Å². The minimum Gasteiger partial charge on any atom is -0.349 e. The monoisotopic (exact) mass is 255 g/mol. The molecule has 0 aliphatic rings. The summed E-state index contributed by atoms with van der Waals surface area (Å²) in [5, 5.41) is 23.1. The van der Waals surface area contributed by atoms with Gasteiger partial charge < -0.3 is 4.52 Å². The molecule has 6 nitrogen and oxygen atoms in total. The van der Waals surface area contributed by atoms with Crippen molar-refractivity contribution in [1.29, 1.82) is 5.26 Å². The molecule has 1 heterocycles. The van der Waals surface area contributed by atoms with E-state index < -0.39 is 4.92 Å². The highest BCUT2D eigenvalue weighted by Gasteiger charge is 2.21. The van der Waals surface area contributed by atoms with Gasteiger partial charge in [0.2, 0.25) is 5.76 Å². The van der Waals surface area contributed by atoms with Crippen LogP contribution in [0.5, 0.6) is 0 Å². The zero-order valence-corrected chi connectivity index (χ0v) is 10.0. The van der Waals surface area contributed by atoms with Crippen molar-refractivity contribution in [3.8, 4) is 6.07 Å². The predicted molar refractivity (Wildman–Crippen MR) is 68.0 cm³/mol. The highest BCUT2D eigenvalue weighted by atomic mass is 16.6. The molecule has 0 amide bonds. The zero-order valence-electron chi connectivity index (χ0n) is 10.0. The Bertz CT molecular complexity index is 678. The van der Waals surface area contributed by atoms with E-state index in [1.165, 1.54) is 13.0 Å². The van der Waals surface area contributed by atoms with Crippen LogP contribution in [0.25, 0.3) is 12.2 Å². The van der Waals surface area contributed by atoms with Crippen LogP contribution in [0.2, 0.25) is 0 Å². The Balaban J connectivity index is 2.28. The molecule has 0 fully saturated rings. The molecule has 0 N–H and O–H groups in total. The number of hydrogen-bond acceptors (Lipinski definition) is 5. The normalized spacial score (nSPS) is 10.5. The SMILES string of the molecule is Cc1noc(/C=C/c2ccc(C#N)cc2)c1[N+](=O)[O-]. The molecule has 19 heavy (non-hydrogen) atoms. The van der Waals surface area contributed by atoms with Crippen LogP contribution in [0.15, 0.2) is 28.8 Å². The van der Waals surface area contributed by atoms with E-state index in [0.29, 0.717) is 5.56 Å². The van der Waals surface area contributed by atoms with Gasteiger partial charge in [-0.3, -0.25) is 10.1 Å². The lowest BCUT2D eigenvalue weighted by atomic mass is 10.1. The summed E-state index contributed by atoms with van der Waals surface area (Å²) in [6.07, 6.45) is 3.15. The fraction of sp³-hybridized carbons (Fsp3) is 0.0769. The summed E-state index contributed by atoms with van der Waals surface area (Å²) in [4.78, 5) is 10.3. The van der Waals surface area contributed by atoms with E-state index in [9.17, 15) is 10.1 Å². The van der Waals surface area contributed by atoms with Crippen LogP contribution in [0.3, 0.4) is 0 Å². The minimum absolute atomic E-state index is 0.104. The predicted octanol–water partition coefficient (Wildman–Crippen LogP) is 2.93. The lowest BCUT2D eigenvalue weighted by molar-refractivity contribution is -0.386. The maximum absolute atomic E-state index is 10.8. The smallest absolute Gasteiger partial charge is 0.338 e. The Morgan fingerprint density at radius 2 is 2.05 bits per heavy atom. The molecule has 6 heteroatoms. The molecule has 0 radical (unpaired) electrons. The molecule has 0 atom stereocenters. The molecule has 0 saturated heterocycles. The molecule has 0 bridgehead atoms. The molecule has 1 aromatic heterocycles. The van der Waals surface area contributed by atoms with Crippen LogP contribution in [-0.4, -0.2) is 10.1 Å². The average molecular weight is 255 g/mol. The van der Waals surface area contributed by atoms with Crippen LogP contribution >= 0.6 is 0 Å². The largest absolute Gasteiger partial charge is 0.349 e. The molecule has 0 saturated carbocycles. The number of nitriles is 1. The molecule has 2 rings (SSSR count). The Morgan fingerprint density at radius 1 is 1.37 bits per heavy atom. The molecule has 0 spiro atoms. The number of nitro groups is 1. The highest BCUT2D eigenvalue weighted by molar-refractivity contribution is 5.71. The topological polar surface area (TPSA) is 93.0 Å².